The summed E-state index contributed by atoms with van der Waals surface area (Å²) in [7, 11) is 3.09. The van der Waals surface area contributed by atoms with E-state index in [9.17, 15) is 18.0 Å². The van der Waals surface area contributed by atoms with Crippen LogP contribution in [0, 0.1) is 5.41 Å². The number of nitrogens with zero attached hydrogens (tertiary/aromatic N) is 1. The average Bonchev–Trinajstić information content (AvgIpc) is 2.53. The minimum Gasteiger partial charge on any atom is -0.383 e. The molecule has 0 aromatic heterocycles. The number of methoxy groups -OCH3 is 2. The van der Waals surface area contributed by atoms with E-state index >= 15 is 0 Å². The Labute approximate surface area is 152 Å². The fraction of sp³-hybridized carbons (Fsp3) is 0.611. The molecule has 5 nitrogen and oxygen atoms in total. The summed E-state index contributed by atoms with van der Waals surface area (Å²) in [6.07, 6.45) is -4.50. The quantitative estimate of drug-likeness (QED) is 0.750. The zero-order valence-electron chi connectivity index (χ0n) is 15.9. The molecule has 0 fully saturated rings. The highest BCUT2D eigenvalue weighted by atomic mass is 19.4. The van der Waals surface area contributed by atoms with Gasteiger partial charge in [0.05, 0.1) is 30.2 Å². The van der Waals surface area contributed by atoms with Crippen LogP contribution in [-0.2, 0) is 20.4 Å². The van der Waals surface area contributed by atoms with Crippen LogP contribution in [0.3, 0.4) is 0 Å². The summed E-state index contributed by atoms with van der Waals surface area (Å²) >= 11 is 0. The van der Waals surface area contributed by atoms with Crippen LogP contribution in [0.4, 0.5) is 24.5 Å². The van der Waals surface area contributed by atoms with Gasteiger partial charge in [-0.3, -0.25) is 4.79 Å². The molecule has 26 heavy (non-hydrogen) atoms. The Kier molecular flexibility index (Phi) is 7.89. The van der Waals surface area contributed by atoms with Gasteiger partial charge >= 0.3 is 6.18 Å². The van der Waals surface area contributed by atoms with Gasteiger partial charge in [0.1, 0.15) is 0 Å². The standard InChI is InChI=1S/C18H27F3N2O3/c1-17(2,3)16(24)22-14-12-13(18(19,20)21)6-7-15(14)23(8-10-25-4)9-11-26-5/h6-7,12H,8-11H2,1-5H3,(H,22,24). The highest BCUT2D eigenvalue weighted by Crippen LogP contribution is 2.36. The van der Waals surface area contributed by atoms with Crippen LogP contribution in [-0.4, -0.2) is 46.4 Å². The first-order valence-corrected chi connectivity index (χ1v) is 8.26. The number of carbonyl (C=O) groups excluding carboxylic acids is 1. The van der Waals surface area contributed by atoms with Gasteiger partial charge in [0.25, 0.3) is 0 Å². The van der Waals surface area contributed by atoms with E-state index in [2.05, 4.69) is 5.32 Å². The van der Waals surface area contributed by atoms with Gasteiger partial charge in [0.2, 0.25) is 5.91 Å². The molecular formula is C18H27F3N2O3. The third-order valence-electron chi connectivity index (χ3n) is 3.72. The summed E-state index contributed by atoms with van der Waals surface area (Å²) < 4.78 is 49.5. The summed E-state index contributed by atoms with van der Waals surface area (Å²) in [5.74, 6) is -0.364. The second kappa shape index (κ2) is 9.23. The van der Waals surface area contributed by atoms with Gasteiger partial charge in [-0.15, -0.1) is 0 Å². The molecule has 0 spiro atoms. The fourth-order valence-electron chi connectivity index (χ4n) is 2.15. The van der Waals surface area contributed by atoms with Crippen LogP contribution in [0.2, 0.25) is 0 Å². The minimum absolute atomic E-state index is 0.118. The Balaban J connectivity index is 3.31. The minimum atomic E-state index is -4.50. The van der Waals surface area contributed by atoms with E-state index in [1.165, 1.54) is 6.07 Å². The van der Waals surface area contributed by atoms with Crippen LogP contribution in [0.25, 0.3) is 0 Å². The first-order valence-electron chi connectivity index (χ1n) is 8.26. The molecule has 148 valence electrons. The number of rotatable bonds is 8. The van der Waals surface area contributed by atoms with Crippen molar-refractivity contribution in [2.75, 3.05) is 50.7 Å². The molecular weight excluding hydrogens is 349 g/mol. The maximum atomic E-state index is 13.1. The molecule has 1 amide bonds. The van der Waals surface area contributed by atoms with Gasteiger partial charge < -0.3 is 19.7 Å². The number of amides is 1. The second-order valence-corrected chi connectivity index (χ2v) is 6.91. The number of hydrogen-bond acceptors (Lipinski definition) is 4. The lowest BCUT2D eigenvalue weighted by atomic mass is 9.95. The summed E-state index contributed by atoms with van der Waals surface area (Å²) in [6.45, 7) is 6.76. The normalized spacial score (nSPS) is 12.2. The van der Waals surface area contributed by atoms with Crippen molar-refractivity contribution in [3.63, 3.8) is 0 Å². The lowest BCUT2D eigenvalue weighted by molar-refractivity contribution is -0.137. The van der Waals surface area contributed by atoms with E-state index in [-0.39, 0.29) is 11.6 Å². The lowest BCUT2D eigenvalue weighted by Gasteiger charge is -2.28. The molecule has 0 saturated heterocycles. The molecule has 0 aliphatic heterocycles. The average molecular weight is 376 g/mol. The Hall–Kier alpha value is -1.80. The number of alkyl halides is 3. The predicted octanol–water partition coefficient (Wildman–Crippen LogP) is 3.79. The first kappa shape index (κ1) is 22.2. The summed E-state index contributed by atoms with van der Waals surface area (Å²) in [4.78, 5) is 14.2. The van der Waals surface area contributed by atoms with Gasteiger partial charge in [0.15, 0.2) is 0 Å². The van der Waals surface area contributed by atoms with E-state index in [0.29, 0.717) is 32.0 Å². The maximum Gasteiger partial charge on any atom is 0.416 e. The number of halogens is 3. The third-order valence-corrected chi connectivity index (χ3v) is 3.72. The fourth-order valence-corrected chi connectivity index (χ4v) is 2.15. The van der Waals surface area contributed by atoms with Crippen molar-refractivity contribution in [2.24, 2.45) is 5.41 Å². The topological polar surface area (TPSA) is 50.8 Å². The zero-order valence-corrected chi connectivity index (χ0v) is 15.9. The number of hydrogen-bond donors (Lipinski definition) is 1. The molecule has 1 aromatic rings. The predicted molar refractivity (Wildman–Crippen MR) is 95.5 cm³/mol. The molecule has 1 N–H and O–H groups in total. The molecule has 1 rings (SSSR count). The monoisotopic (exact) mass is 376 g/mol. The molecule has 0 radical (unpaired) electrons. The highest BCUT2D eigenvalue weighted by Gasteiger charge is 2.32. The summed E-state index contributed by atoms with van der Waals surface area (Å²) in [6, 6.07) is 3.34. The Morgan fingerprint density at radius 3 is 2.04 bits per heavy atom. The second-order valence-electron chi connectivity index (χ2n) is 6.91. The number of benzene rings is 1. The molecule has 0 atom stereocenters. The van der Waals surface area contributed by atoms with Crippen molar-refractivity contribution in [3.05, 3.63) is 23.8 Å². The summed E-state index contributed by atoms with van der Waals surface area (Å²) in [5, 5.41) is 2.63. The largest absolute Gasteiger partial charge is 0.416 e. The van der Waals surface area contributed by atoms with E-state index in [4.69, 9.17) is 9.47 Å². The van der Waals surface area contributed by atoms with Gasteiger partial charge in [-0.25, -0.2) is 0 Å². The van der Waals surface area contributed by atoms with Gasteiger partial charge in [-0.2, -0.15) is 13.2 Å². The SMILES string of the molecule is COCCN(CCOC)c1ccc(C(F)(F)F)cc1NC(=O)C(C)(C)C. The molecule has 0 saturated carbocycles. The van der Waals surface area contributed by atoms with Crippen molar-refractivity contribution in [1.29, 1.82) is 0 Å². The van der Waals surface area contributed by atoms with Gasteiger partial charge in [-0.05, 0) is 18.2 Å². The molecule has 0 heterocycles. The molecule has 1 aromatic carbocycles. The molecule has 0 bridgehead atoms. The number of carbonyl (C=O) groups is 1. The maximum absolute atomic E-state index is 13.1. The summed E-state index contributed by atoms with van der Waals surface area (Å²) in [5.41, 5.74) is -0.949. The Morgan fingerprint density at radius 1 is 1.08 bits per heavy atom. The first-order chi connectivity index (χ1) is 12.0. The van der Waals surface area contributed by atoms with Crippen LogP contribution < -0.4 is 10.2 Å². The van der Waals surface area contributed by atoms with Crippen LogP contribution >= 0.6 is 0 Å². The van der Waals surface area contributed by atoms with Crippen molar-refractivity contribution in [1.82, 2.24) is 0 Å². The molecule has 0 unspecified atom stereocenters. The number of nitrogens with one attached hydrogen (secondary N) is 1. The van der Waals surface area contributed by atoms with Crippen LogP contribution in [0.5, 0.6) is 0 Å². The van der Waals surface area contributed by atoms with E-state index in [1.807, 2.05) is 4.90 Å². The highest BCUT2D eigenvalue weighted by molar-refractivity contribution is 5.97. The third kappa shape index (κ3) is 6.49. The van der Waals surface area contributed by atoms with E-state index in [1.54, 1.807) is 35.0 Å². The van der Waals surface area contributed by atoms with Crippen molar-refractivity contribution < 1.29 is 27.4 Å². The van der Waals surface area contributed by atoms with Crippen LogP contribution in [0.1, 0.15) is 26.3 Å². The molecule has 8 heteroatoms. The van der Waals surface area contributed by atoms with Crippen LogP contribution in [0.15, 0.2) is 18.2 Å². The Morgan fingerprint density at radius 2 is 1.62 bits per heavy atom. The molecule has 0 aliphatic rings. The van der Waals surface area contributed by atoms with E-state index < -0.39 is 17.2 Å². The van der Waals surface area contributed by atoms with Crippen molar-refractivity contribution in [3.8, 4) is 0 Å². The zero-order chi connectivity index (χ0) is 20.0. The number of ether oxygens (including phenoxy) is 2. The van der Waals surface area contributed by atoms with E-state index in [0.717, 1.165) is 12.1 Å². The molecule has 0 aliphatic carbocycles. The smallest absolute Gasteiger partial charge is 0.383 e. The van der Waals surface area contributed by atoms with Gasteiger partial charge in [0, 0.05) is 32.7 Å². The van der Waals surface area contributed by atoms with Crippen molar-refractivity contribution >= 4 is 17.3 Å². The number of anilines is 2. The lowest BCUT2D eigenvalue weighted by Crippen LogP contribution is -2.33. The van der Waals surface area contributed by atoms with Gasteiger partial charge in [-0.1, -0.05) is 20.8 Å². The Bertz CT molecular complexity index is 590. The van der Waals surface area contributed by atoms with Crippen molar-refractivity contribution in [2.45, 2.75) is 26.9 Å².